The van der Waals surface area contributed by atoms with Crippen molar-refractivity contribution in [2.24, 2.45) is 0 Å². The lowest BCUT2D eigenvalue weighted by Gasteiger charge is -2.31. The SMILES string of the molecule is CCC(C)(CC)n1c(SCC(=O)O)nc2cc(F)ccc21. The van der Waals surface area contributed by atoms with Crippen molar-refractivity contribution in [3.63, 3.8) is 0 Å². The summed E-state index contributed by atoms with van der Waals surface area (Å²) >= 11 is 1.17. The number of benzene rings is 1. The Morgan fingerprint density at radius 2 is 2.10 bits per heavy atom. The van der Waals surface area contributed by atoms with E-state index < -0.39 is 5.97 Å². The van der Waals surface area contributed by atoms with Gasteiger partial charge in [0.25, 0.3) is 0 Å². The minimum atomic E-state index is -0.889. The molecule has 2 aromatic rings. The molecule has 0 fully saturated rings. The number of carboxylic acid groups (broad SMARTS) is 1. The van der Waals surface area contributed by atoms with Crippen molar-refractivity contribution in [2.75, 3.05) is 5.75 Å². The van der Waals surface area contributed by atoms with Crippen molar-refractivity contribution >= 4 is 28.8 Å². The molecule has 0 aliphatic rings. The van der Waals surface area contributed by atoms with Crippen LogP contribution in [0.5, 0.6) is 0 Å². The predicted octanol–water partition coefficient (Wildman–Crippen LogP) is 3.89. The lowest BCUT2D eigenvalue weighted by molar-refractivity contribution is -0.133. The summed E-state index contributed by atoms with van der Waals surface area (Å²) in [6.45, 7) is 6.29. The van der Waals surface area contributed by atoms with E-state index >= 15 is 0 Å². The maximum atomic E-state index is 13.4. The fourth-order valence-electron chi connectivity index (χ4n) is 2.34. The first-order valence-corrected chi connectivity index (χ1v) is 7.93. The van der Waals surface area contributed by atoms with E-state index in [2.05, 4.69) is 30.3 Å². The first-order chi connectivity index (χ1) is 9.91. The summed E-state index contributed by atoms with van der Waals surface area (Å²) in [5, 5.41) is 9.51. The van der Waals surface area contributed by atoms with Crippen LogP contribution in [0.15, 0.2) is 23.4 Å². The average Bonchev–Trinajstić information content (AvgIpc) is 2.82. The number of hydrogen-bond acceptors (Lipinski definition) is 3. The number of carbonyl (C=O) groups is 1. The molecule has 0 aliphatic carbocycles. The summed E-state index contributed by atoms with van der Waals surface area (Å²) in [5.41, 5.74) is 1.24. The number of nitrogens with zero attached hydrogens (tertiary/aromatic N) is 2. The van der Waals surface area contributed by atoms with Gasteiger partial charge in [0.2, 0.25) is 0 Å². The van der Waals surface area contributed by atoms with Crippen LogP contribution >= 0.6 is 11.8 Å². The van der Waals surface area contributed by atoms with E-state index in [-0.39, 0.29) is 17.1 Å². The van der Waals surface area contributed by atoms with E-state index in [4.69, 9.17) is 5.11 Å². The number of thioether (sulfide) groups is 1. The highest BCUT2D eigenvalue weighted by molar-refractivity contribution is 7.99. The lowest BCUT2D eigenvalue weighted by Crippen LogP contribution is -2.29. The number of imidazole rings is 1. The number of aliphatic carboxylic acids is 1. The molecule has 2 rings (SSSR count). The van der Waals surface area contributed by atoms with Crippen LogP contribution in [0.1, 0.15) is 33.6 Å². The maximum Gasteiger partial charge on any atom is 0.313 e. The summed E-state index contributed by atoms with van der Waals surface area (Å²) < 4.78 is 15.5. The molecule has 0 aliphatic heterocycles. The third-order valence-electron chi connectivity index (χ3n) is 3.97. The number of rotatable bonds is 6. The summed E-state index contributed by atoms with van der Waals surface area (Å²) in [5.74, 6) is -1.29. The van der Waals surface area contributed by atoms with Gasteiger partial charge in [0.15, 0.2) is 5.16 Å². The van der Waals surface area contributed by atoms with Gasteiger partial charge < -0.3 is 9.67 Å². The third-order valence-corrected chi connectivity index (χ3v) is 4.90. The van der Waals surface area contributed by atoms with Crippen LogP contribution < -0.4 is 0 Å². The summed E-state index contributed by atoms with van der Waals surface area (Å²) in [7, 11) is 0. The minimum absolute atomic E-state index is 0.0602. The molecule has 1 aromatic heterocycles. The number of hydrogen-bond donors (Lipinski definition) is 1. The van der Waals surface area contributed by atoms with Crippen LogP contribution in [0.2, 0.25) is 0 Å². The Kier molecular flexibility index (Phi) is 4.56. The van der Waals surface area contributed by atoms with Crippen molar-refractivity contribution in [3.8, 4) is 0 Å². The van der Waals surface area contributed by atoms with Gasteiger partial charge in [-0.25, -0.2) is 9.37 Å². The topological polar surface area (TPSA) is 55.1 Å². The number of fused-ring (bicyclic) bond motifs is 1. The molecule has 4 nitrogen and oxygen atoms in total. The number of halogens is 1. The van der Waals surface area contributed by atoms with Crippen molar-refractivity contribution in [1.29, 1.82) is 0 Å². The molecule has 0 saturated carbocycles. The lowest BCUT2D eigenvalue weighted by atomic mass is 9.95. The maximum absolute atomic E-state index is 13.4. The summed E-state index contributed by atoms with van der Waals surface area (Å²) in [6, 6.07) is 4.52. The van der Waals surface area contributed by atoms with Crippen LogP contribution in [0.25, 0.3) is 11.0 Å². The predicted molar refractivity (Wildman–Crippen MR) is 82.3 cm³/mol. The van der Waals surface area contributed by atoms with Gasteiger partial charge in [-0.2, -0.15) is 0 Å². The molecule has 6 heteroatoms. The highest BCUT2D eigenvalue weighted by Crippen LogP contribution is 2.35. The zero-order valence-corrected chi connectivity index (χ0v) is 13.2. The van der Waals surface area contributed by atoms with Crippen molar-refractivity contribution in [3.05, 3.63) is 24.0 Å². The Bertz CT molecular complexity index is 665. The molecule has 21 heavy (non-hydrogen) atoms. The molecule has 0 radical (unpaired) electrons. The fraction of sp³-hybridized carbons (Fsp3) is 0.467. The van der Waals surface area contributed by atoms with Crippen LogP contribution in [-0.2, 0) is 10.3 Å². The highest BCUT2D eigenvalue weighted by atomic mass is 32.2. The Labute approximate surface area is 127 Å². The molecule has 0 bridgehead atoms. The van der Waals surface area contributed by atoms with E-state index in [0.29, 0.717) is 10.7 Å². The summed E-state index contributed by atoms with van der Waals surface area (Å²) in [6.07, 6.45) is 1.76. The van der Waals surface area contributed by atoms with Gasteiger partial charge in [0.1, 0.15) is 5.82 Å². The normalized spacial score (nSPS) is 12.0. The zero-order chi connectivity index (χ0) is 15.6. The third kappa shape index (κ3) is 3.05. The number of carboxylic acids is 1. The molecule has 0 unspecified atom stereocenters. The quantitative estimate of drug-likeness (QED) is 0.823. The molecule has 0 saturated heterocycles. The van der Waals surface area contributed by atoms with Crippen LogP contribution in [0.3, 0.4) is 0 Å². The van der Waals surface area contributed by atoms with Gasteiger partial charge in [-0.3, -0.25) is 4.79 Å². The van der Waals surface area contributed by atoms with Crippen molar-refractivity contribution < 1.29 is 14.3 Å². The molecule has 1 N–H and O–H groups in total. The minimum Gasteiger partial charge on any atom is -0.481 e. The van der Waals surface area contributed by atoms with Gasteiger partial charge in [-0.1, -0.05) is 25.6 Å². The smallest absolute Gasteiger partial charge is 0.313 e. The molecule has 1 heterocycles. The molecule has 1 aromatic carbocycles. The highest BCUT2D eigenvalue weighted by Gasteiger charge is 2.28. The van der Waals surface area contributed by atoms with E-state index in [9.17, 15) is 9.18 Å². The standard InChI is InChI=1S/C15H19FN2O2S/c1-4-15(3,5-2)18-12-7-6-10(16)8-11(12)17-14(18)21-9-13(19)20/h6-8H,4-5,9H2,1-3H3,(H,19,20). The molecule has 0 spiro atoms. The van der Waals surface area contributed by atoms with Crippen LogP contribution in [0.4, 0.5) is 4.39 Å². The summed E-state index contributed by atoms with van der Waals surface area (Å²) in [4.78, 5) is 15.3. The second-order valence-corrected chi connectivity index (χ2v) is 6.19. The number of aromatic nitrogens is 2. The van der Waals surface area contributed by atoms with E-state index in [0.717, 1.165) is 18.4 Å². The molecule has 0 atom stereocenters. The molecule has 0 amide bonds. The average molecular weight is 310 g/mol. The Morgan fingerprint density at radius 1 is 1.43 bits per heavy atom. The second kappa shape index (κ2) is 6.05. The van der Waals surface area contributed by atoms with E-state index in [1.807, 2.05) is 0 Å². The molecular weight excluding hydrogens is 291 g/mol. The fourth-order valence-corrected chi connectivity index (χ4v) is 3.21. The Balaban J connectivity index is 2.62. The van der Waals surface area contributed by atoms with Gasteiger partial charge in [-0.05, 0) is 31.9 Å². The largest absolute Gasteiger partial charge is 0.481 e. The first kappa shape index (κ1) is 15.8. The van der Waals surface area contributed by atoms with E-state index in [1.165, 1.54) is 23.9 Å². The molecule has 114 valence electrons. The monoisotopic (exact) mass is 310 g/mol. The van der Waals surface area contributed by atoms with Crippen molar-refractivity contribution in [1.82, 2.24) is 9.55 Å². The second-order valence-electron chi connectivity index (χ2n) is 5.25. The van der Waals surface area contributed by atoms with Gasteiger partial charge in [-0.15, -0.1) is 0 Å². The van der Waals surface area contributed by atoms with Gasteiger partial charge in [0, 0.05) is 11.6 Å². The Hall–Kier alpha value is -1.56. The van der Waals surface area contributed by atoms with Crippen molar-refractivity contribution in [2.45, 2.75) is 44.3 Å². The zero-order valence-electron chi connectivity index (χ0n) is 12.4. The molecular formula is C15H19FN2O2S. The van der Waals surface area contributed by atoms with Gasteiger partial charge in [0.05, 0.1) is 16.8 Å². The van der Waals surface area contributed by atoms with Crippen LogP contribution in [-0.4, -0.2) is 26.4 Å². The van der Waals surface area contributed by atoms with E-state index in [1.54, 1.807) is 6.07 Å². The first-order valence-electron chi connectivity index (χ1n) is 6.94. The van der Waals surface area contributed by atoms with Crippen LogP contribution in [0, 0.1) is 5.82 Å². The van der Waals surface area contributed by atoms with Gasteiger partial charge >= 0.3 is 5.97 Å². The Morgan fingerprint density at radius 3 is 2.67 bits per heavy atom.